The molecule has 1 saturated heterocycles. The van der Waals surface area contributed by atoms with E-state index in [1.165, 1.54) is 0 Å². The maximum Gasteiger partial charge on any atom is 0.238 e. The molecule has 0 aromatic heterocycles. The van der Waals surface area contributed by atoms with Crippen molar-refractivity contribution in [2.24, 2.45) is 5.92 Å². The average Bonchev–Trinajstić information content (AvgIpc) is 2.50. The zero-order chi connectivity index (χ0) is 15.1. The summed E-state index contributed by atoms with van der Waals surface area (Å²) in [6, 6.07) is 8.96. The highest BCUT2D eigenvalue weighted by atomic mass is 16.5. The Kier molecular flexibility index (Phi) is 5.73. The van der Waals surface area contributed by atoms with Crippen molar-refractivity contribution in [3.8, 4) is 6.07 Å². The Morgan fingerprint density at radius 1 is 1.38 bits per heavy atom. The molecule has 0 atom stereocenters. The van der Waals surface area contributed by atoms with Crippen LogP contribution in [-0.2, 0) is 9.53 Å². The van der Waals surface area contributed by atoms with Gasteiger partial charge in [0, 0.05) is 19.4 Å². The van der Waals surface area contributed by atoms with Gasteiger partial charge in [-0.05, 0) is 56.1 Å². The number of amides is 1. The maximum atomic E-state index is 12.0. The van der Waals surface area contributed by atoms with Gasteiger partial charge in [-0.15, -0.1) is 0 Å². The van der Waals surface area contributed by atoms with Crippen molar-refractivity contribution in [2.75, 3.05) is 38.7 Å². The van der Waals surface area contributed by atoms with Gasteiger partial charge in [-0.3, -0.25) is 9.69 Å². The first kappa shape index (κ1) is 15.5. The molecule has 1 aliphatic heterocycles. The summed E-state index contributed by atoms with van der Waals surface area (Å²) in [5.41, 5.74) is 1.32. The van der Waals surface area contributed by atoms with Gasteiger partial charge < -0.3 is 10.1 Å². The molecule has 0 saturated carbocycles. The van der Waals surface area contributed by atoms with E-state index in [1.54, 1.807) is 31.4 Å². The summed E-state index contributed by atoms with van der Waals surface area (Å²) in [6.07, 6.45) is 2.16. The average molecular weight is 287 g/mol. The Labute approximate surface area is 125 Å². The van der Waals surface area contributed by atoms with Crippen molar-refractivity contribution >= 4 is 11.6 Å². The van der Waals surface area contributed by atoms with Crippen LogP contribution in [0.4, 0.5) is 5.69 Å². The molecule has 1 aliphatic rings. The maximum absolute atomic E-state index is 12.0. The van der Waals surface area contributed by atoms with Crippen molar-refractivity contribution in [2.45, 2.75) is 12.8 Å². The molecular weight excluding hydrogens is 266 g/mol. The van der Waals surface area contributed by atoms with E-state index in [4.69, 9.17) is 10.00 Å². The number of hydrogen-bond donors (Lipinski definition) is 1. The first-order valence-corrected chi connectivity index (χ1v) is 7.22. The molecule has 5 nitrogen and oxygen atoms in total. The molecule has 1 fully saturated rings. The second kappa shape index (κ2) is 7.77. The first-order chi connectivity index (χ1) is 10.2. The second-order valence-electron chi connectivity index (χ2n) is 5.41. The predicted octanol–water partition coefficient (Wildman–Crippen LogP) is 1.86. The molecule has 1 amide bonds. The highest BCUT2D eigenvalue weighted by Gasteiger charge is 2.20. The molecule has 112 valence electrons. The Hall–Kier alpha value is -1.90. The Morgan fingerprint density at radius 2 is 2.05 bits per heavy atom. The van der Waals surface area contributed by atoms with Crippen molar-refractivity contribution in [3.63, 3.8) is 0 Å². The largest absolute Gasteiger partial charge is 0.384 e. The van der Waals surface area contributed by atoms with Crippen LogP contribution in [0.15, 0.2) is 24.3 Å². The molecule has 1 N–H and O–H groups in total. The van der Waals surface area contributed by atoms with E-state index in [0.29, 0.717) is 18.0 Å². The van der Waals surface area contributed by atoms with Gasteiger partial charge in [0.1, 0.15) is 0 Å². The topological polar surface area (TPSA) is 65.4 Å². The fraction of sp³-hybridized carbons (Fsp3) is 0.500. The monoisotopic (exact) mass is 287 g/mol. The lowest BCUT2D eigenvalue weighted by Gasteiger charge is -2.30. The molecule has 1 aromatic carbocycles. The number of nitrogens with zero attached hydrogens (tertiary/aromatic N) is 2. The zero-order valence-electron chi connectivity index (χ0n) is 12.3. The summed E-state index contributed by atoms with van der Waals surface area (Å²) >= 11 is 0. The van der Waals surface area contributed by atoms with Gasteiger partial charge in [0.25, 0.3) is 0 Å². The summed E-state index contributed by atoms with van der Waals surface area (Å²) in [5, 5.41) is 11.6. The molecule has 0 radical (unpaired) electrons. The van der Waals surface area contributed by atoms with Gasteiger partial charge in [0.05, 0.1) is 18.2 Å². The van der Waals surface area contributed by atoms with Gasteiger partial charge in [0.2, 0.25) is 5.91 Å². The second-order valence-corrected chi connectivity index (χ2v) is 5.41. The fourth-order valence-electron chi connectivity index (χ4n) is 2.58. The molecule has 0 bridgehead atoms. The molecule has 1 heterocycles. The van der Waals surface area contributed by atoms with Crippen LogP contribution in [0, 0.1) is 17.2 Å². The molecular formula is C16H21N3O2. The summed E-state index contributed by atoms with van der Waals surface area (Å²) in [6.45, 7) is 3.11. The van der Waals surface area contributed by atoms with Crippen molar-refractivity contribution in [1.82, 2.24) is 4.90 Å². The number of carbonyl (C=O) groups is 1. The molecule has 1 aromatic rings. The Bertz CT molecular complexity index is 499. The van der Waals surface area contributed by atoms with Crippen LogP contribution in [-0.4, -0.2) is 44.2 Å². The van der Waals surface area contributed by atoms with Crippen LogP contribution >= 0.6 is 0 Å². The smallest absolute Gasteiger partial charge is 0.238 e. The number of benzene rings is 1. The van der Waals surface area contributed by atoms with Crippen LogP contribution < -0.4 is 5.32 Å². The van der Waals surface area contributed by atoms with Crippen LogP contribution in [0.1, 0.15) is 18.4 Å². The van der Waals surface area contributed by atoms with Gasteiger partial charge in [-0.2, -0.15) is 5.26 Å². The van der Waals surface area contributed by atoms with E-state index >= 15 is 0 Å². The highest BCUT2D eigenvalue weighted by Crippen LogP contribution is 2.17. The number of carbonyl (C=O) groups excluding carboxylic acids is 1. The summed E-state index contributed by atoms with van der Waals surface area (Å²) in [4.78, 5) is 14.2. The molecule has 21 heavy (non-hydrogen) atoms. The number of nitriles is 1. The van der Waals surface area contributed by atoms with E-state index in [0.717, 1.165) is 38.2 Å². The number of hydrogen-bond acceptors (Lipinski definition) is 4. The highest BCUT2D eigenvalue weighted by molar-refractivity contribution is 5.92. The van der Waals surface area contributed by atoms with Crippen LogP contribution in [0.25, 0.3) is 0 Å². The standard InChI is InChI=1S/C16H21N3O2/c1-21-12-14-6-8-19(9-7-14)11-16(20)18-15-4-2-13(10-17)3-5-15/h2-5,14H,6-9,11-12H2,1H3,(H,18,20). The van der Waals surface area contributed by atoms with Crippen molar-refractivity contribution in [1.29, 1.82) is 5.26 Å². The van der Waals surface area contributed by atoms with E-state index < -0.39 is 0 Å². The number of anilines is 1. The van der Waals surface area contributed by atoms with Gasteiger partial charge in [-0.25, -0.2) is 0 Å². The summed E-state index contributed by atoms with van der Waals surface area (Å²) in [7, 11) is 1.73. The fourth-order valence-corrected chi connectivity index (χ4v) is 2.58. The first-order valence-electron chi connectivity index (χ1n) is 7.22. The minimum Gasteiger partial charge on any atom is -0.384 e. The third kappa shape index (κ3) is 4.85. The van der Waals surface area contributed by atoms with E-state index in [-0.39, 0.29) is 5.91 Å². The normalized spacial score (nSPS) is 16.4. The minimum absolute atomic E-state index is 0.00935. The van der Waals surface area contributed by atoms with Gasteiger partial charge in [-0.1, -0.05) is 0 Å². The SMILES string of the molecule is COCC1CCN(CC(=O)Nc2ccc(C#N)cc2)CC1. The van der Waals surface area contributed by atoms with Crippen molar-refractivity contribution in [3.05, 3.63) is 29.8 Å². The Balaban J connectivity index is 1.76. The number of nitrogens with one attached hydrogen (secondary N) is 1. The van der Waals surface area contributed by atoms with E-state index in [1.807, 2.05) is 0 Å². The lowest BCUT2D eigenvalue weighted by Crippen LogP contribution is -2.40. The van der Waals surface area contributed by atoms with E-state index in [9.17, 15) is 4.79 Å². The number of ether oxygens (including phenoxy) is 1. The predicted molar refractivity (Wildman–Crippen MR) is 80.8 cm³/mol. The van der Waals surface area contributed by atoms with Crippen LogP contribution in [0.3, 0.4) is 0 Å². The molecule has 2 rings (SSSR count). The zero-order valence-corrected chi connectivity index (χ0v) is 12.3. The lowest BCUT2D eigenvalue weighted by molar-refractivity contribution is -0.117. The van der Waals surface area contributed by atoms with Crippen LogP contribution in [0.5, 0.6) is 0 Å². The van der Waals surface area contributed by atoms with Gasteiger partial charge in [0.15, 0.2) is 0 Å². The number of likely N-dealkylation sites (tertiary alicyclic amines) is 1. The lowest BCUT2D eigenvalue weighted by atomic mass is 9.98. The van der Waals surface area contributed by atoms with Gasteiger partial charge >= 0.3 is 0 Å². The molecule has 0 unspecified atom stereocenters. The summed E-state index contributed by atoms with van der Waals surface area (Å²) < 4.78 is 5.17. The number of rotatable bonds is 5. The number of piperidine rings is 1. The summed E-state index contributed by atoms with van der Waals surface area (Å²) in [5.74, 6) is 0.609. The quantitative estimate of drug-likeness (QED) is 0.897. The Morgan fingerprint density at radius 3 is 2.62 bits per heavy atom. The third-order valence-electron chi connectivity index (χ3n) is 3.77. The number of methoxy groups -OCH3 is 1. The van der Waals surface area contributed by atoms with Crippen LogP contribution in [0.2, 0.25) is 0 Å². The molecule has 5 heteroatoms. The minimum atomic E-state index is -0.00935. The molecule has 0 aliphatic carbocycles. The van der Waals surface area contributed by atoms with Crippen molar-refractivity contribution < 1.29 is 9.53 Å². The van der Waals surface area contributed by atoms with E-state index in [2.05, 4.69) is 16.3 Å². The molecule has 0 spiro atoms. The third-order valence-corrected chi connectivity index (χ3v) is 3.77.